The Morgan fingerprint density at radius 2 is 2.04 bits per heavy atom. The number of aromatic nitrogens is 3. The molecule has 0 saturated carbocycles. The van der Waals surface area contributed by atoms with Crippen LogP contribution >= 0.6 is 0 Å². The first kappa shape index (κ1) is 16.0. The van der Waals surface area contributed by atoms with Crippen LogP contribution in [0.1, 0.15) is 19.3 Å². The fraction of sp³-hybridized carbons (Fsp3) is 0.368. The Morgan fingerprint density at radius 1 is 1.20 bits per heavy atom. The molecule has 130 valence electrons. The van der Waals surface area contributed by atoms with Crippen LogP contribution in [-0.4, -0.2) is 45.7 Å². The van der Waals surface area contributed by atoms with Crippen molar-refractivity contribution in [2.75, 3.05) is 20.2 Å². The molecule has 3 heterocycles. The fourth-order valence-corrected chi connectivity index (χ4v) is 3.39. The van der Waals surface area contributed by atoms with E-state index in [1.807, 2.05) is 12.1 Å². The molecule has 0 radical (unpaired) electrons. The number of rotatable bonds is 5. The molecule has 4 rings (SSSR count). The zero-order valence-corrected chi connectivity index (χ0v) is 14.2. The van der Waals surface area contributed by atoms with Crippen LogP contribution in [0.5, 0.6) is 5.88 Å². The van der Waals surface area contributed by atoms with Crippen LogP contribution in [0, 0.1) is 5.82 Å². The molecule has 1 aliphatic heterocycles. The normalized spacial score (nSPS) is 18.1. The van der Waals surface area contributed by atoms with Crippen LogP contribution in [0.25, 0.3) is 16.9 Å². The Morgan fingerprint density at radius 3 is 2.80 bits per heavy atom. The van der Waals surface area contributed by atoms with Crippen LogP contribution in [0.3, 0.4) is 0 Å². The second-order valence-corrected chi connectivity index (χ2v) is 6.51. The Bertz CT molecular complexity index is 861. The van der Waals surface area contributed by atoms with E-state index in [-0.39, 0.29) is 5.82 Å². The highest BCUT2D eigenvalue weighted by Gasteiger charge is 2.20. The van der Waals surface area contributed by atoms with Gasteiger partial charge in [-0.2, -0.15) is 0 Å². The molecule has 5 nitrogen and oxygen atoms in total. The van der Waals surface area contributed by atoms with Crippen molar-refractivity contribution in [1.82, 2.24) is 19.5 Å². The predicted molar refractivity (Wildman–Crippen MR) is 94.1 cm³/mol. The van der Waals surface area contributed by atoms with Crippen molar-refractivity contribution in [1.29, 1.82) is 0 Å². The fourth-order valence-electron chi connectivity index (χ4n) is 3.39. The minimum atomic E-state index is -0.258. The average Bonchev–Trinajstić information content (AvgIpc) is 3.22. The van der Waals surface area contributed by atoms with E-state index < -0.39 is 0 Å². The molecular formula is C19H21FN4O. The smallest absolute Gasteiger partial charge is 0.231 e. The zero-order chi connectivity index (χ0) is 17.2. The Kier molecular flexibility index (Phi) is 4.36. The van der Waals surface area contributed by atoms with Gasteiger partial charge in [0, 0.05) is 17.7 Å². The van der Waals surface area contributed by atoms with E-state index in [1.165, 1.54) is 31.5 Å². The van der Waals surface area contributed by atoms with E-state index in [2.05, 4.69) is 22.0 Å². The lowest BCUT2D eigenvalue weighted by atomic mass is 10.1. The second-order valence-electron chi connectivity index (χ2n) is 6.51. The first-order valence-electron chi connectivity index (χ1n) is 8.64. The van der Waals surface area contributed by atoms with E-state index in [0.717, 1.165) is 23.3 Å². The second kappa shape index (κ2) is 6.80. The van der Waals surface area contributed by atoms with Crippen LogP contribution in [0.15, 0.2) is 42.6 Å². The largest absolute Gasteiger partial charge is 0.477 e. The molecule has 0 spiro atoms. The number of likely N-dealkylation sites (tertiary alicyclic amines) is 1. The first-order valence-corrected chi connectivity index (χ1v) is 8.64. The Labute approximate surface area is 146 Å². The molecule has 1 saturated heterocycles. The summed E-state index contributed by atoms with van der Waals surface area (Å²) in [7, 11) is 2.17. The zero-order valence-electron chi connectivity index (χ0n) is 14.2. The SMILES string of the molecule is CN1CCCC1CCOc1ccc2ncc(-c3ccc(F)cc3)n2n1. The summed E-state index contributed by atoms with van der Waals surface area (Å²) in [5.74, 6) is 0.320. The lowest BCUT2D eigenvalue weighted by Gasteiger charge is -2.19. The van der Waals surface area contributed by atoms with Gasteiger partial charge in [-0.15, -0.1) is 5.10 Å². The summed E-state index contributed by atoms with van der Waals surface area (Å²) in [5.41, 5.74) is 2.42. The molecule has 0 bridgehead atoms. The molecule has 1 fully saturated rings. The van der Waals surface area contributed by atoms with Gasteiger partial charge >= 0.3 is 0 Å². The summed E-state index contributed by atoms with van der Waals surface area (Å²) < 4.78 is 20.7. The minimum Gasteiger partial charge on any atom is -0.477 e. The number of fused-ring (bicyclic) bond motifs is 1. The topological polar surface area (TPSA) is 42.7 Å². The van der Waals surface area contributed by atoms with Gasteiger partial charge in [-0.1, -0.05) is 0 Å². The van der Waals surface area contributed by atoms with Gasteiger partial charge in [-0.25, -0.2) is 13.9 Å². The van der Waals surface area contributed by atoms with Crippen molar-refractivity contribution in [3.05, 3.63) is 48.4 Å². The molecule has 1 aromatic carbocycles. The summed E-state index contributed by atoms with van der Waals surface area (Å²) in [6, 6.07) is 10.7. The highest BCUT2D eigenvalue weighted by Crippen LogP contribution is 2.22. The summed E-state index contributed by atoms with van der Waals surface area (Å²) in [5, 5.41) is 4.54. The third kappa shape index (κ3) is 3.35. The molecule has 25 heavy (non-hydrogen) atoms. The number of imidazole rings is 1. The Hall–Kier alpha value is -2.47. The third-order valence-corrected chi connectivity index (χ3v) is 4.85. The summed E-state index contributed by atoms with van der Waals surface area (Å²) in [6.45, 7) is 1.82. The monoisotopic (exact) mass is 340 g/mol. The van der Waals surface area contributed by atoms with Crippen LogP contribution in [0.2, 0.25) is 0 Å². The molecule has 0 N–H and O–H groups in total. The number of hydrogen-bond donors (Lipinski definition) is 0. The van der Waals surface area contributed by atoms with E-state index in [0.29, 0.717) is 18.5 Å². The van der Waals surface area contributed by atoms with E-state index >= 15 is 0 Å². The lowest BCUT2D eigenvalue weighted by Crippen LogP contribution is -2.26. The number of ether oxygens (including phenoxy) is 1. The van der Waals surface area contributed by atoms with Crippen molar-refractivity contribution in [3.8, 4) is 17.1 Å². The highest BCUT2D eigenvalue weighted by molar-refractivity contribution is 5.62. The standard InChI is InChI=1S/C19H21FN4O/c1-23-11-2-3-16(23)10-12-25-19-9-8-18-21-13-17(24(18)22-19)14-4-6-15(20)7-5-14/h4-9,13,16H,2-3,10-12H2,1H3. The van der Waals surface area contributed by atoms with Crippen LogP contribution in [0.4, 0.5) is 4.39 Å². The summed E-state index contributed by atoms with van der Waals surface area (Å²) in [6.07, 6.45) is 5.25. The van der Waals surface area contributed by atoms with Gasteiger partial charge in [0.05, 0.1) is 18.5 Å². The highest BCUT2D eigenvalue weighted by atomic mass is 19.1. The molecule has 6 heteroatoms. The van der Waals surface area contributed by atoms with Gasteiger partial charge in [0.25, 0.3) is 0 Å². The summed E-state index contributed by atoms with van der Waals surface area (Å²) >= 11 is 0. The molecule has 1 atom stereocenters. The number of hydrogen-bond acceptors (Lipinski definition) is 4. The van der Waals surface area contributed by atoms with Crippen molar-refractivity contribution in [2.45, 2.75) is 25.3 Å². The average molecular weight is 340 g/mol. The maximum atomic E-state index is 13.1. The number of benzene rings is 1. The van der Waals surface area contributed by atoms with Gasteiger partial charge < -0.3 is 9.64 Å². The molecular weight excluding hydrogens is 319 g/mol. The maximum Gasteiger partial charge on any atom is 0.231 e. The van der Waals surface area contributed by atoms with Crippen molar-refractivity contribution >= 4 is 5.65 Å². The van der Waals surface area contributed by atoms with Crippen molar-refractivity contribution < 1.29 is 9.13 Å². The third-order valence-electron chi connectivity index (χ3n) is 4.85. The molecule has 3 aromatic rings. The molecule has 0 amide bonds. The molecule has 2 aromatic heterocycles. The van der Waals surface area contributed by atoms with Gasteiger partial charge in [-0.3, -0.25) is 0 Å². The van der Waals surface area contributed by atoms with Crippen LogP contribution in [-0.2, 0) is 0 Å². The quantitative estimate of drug-likeness (QED) is 0.714. The number of halogens is 1. The predicted octanol–water partition coefficient (Wildman–Crippen LogP) is 3.40. The lowest BCUT2D eigenvalue weighted by molar-refractivity contribution is 0.227. The first-order chi connectivity index (χ1) is 12.2. The maximum absolute atomic E-state index is 13.1. The molecule has 1 unspecified atom stereocenters. The van der Waals surface area contributed by atoms with Crippen molar-refractivity contribution in [3.63, 3.8) is 0 Å². The van der Waals surface area contributed by atoms with Gasteiger partial charge in [0.15, 0.2) is 5.65 Å². The van der Waals surface area contributed by atoms with Gasteiger partial charge in [0.2, 0.25) is 5.88 Å². The van der Waals surface area contributed by atoms with E-state index in [4.69, 9.17) is 4.74 Å². The summed E-state index contributed by atoms with van der Waals surface area (Å²) in [4.78, 5) is 6.75. The van der Waals surface area contributed by atoms with Crippen molar-refractivity contribution in [2.24, 2.45) is 0 Å². The minimum absolute atomic E-state index is 0.258. The van der Waals surface area contributed by atoms with Gasteiger partial charge in [0.1, 0.15) is 5.82 Å². The number of nitrogens with zero attached hydrogens (tertiary/aromatic N) is 4. The molecule has 1 aliphatic rings. The van der Waals surface area contributed by atoms with Crippen LogP contribution < -0.4 is 4.74 Å². The molecule has 0 aliphatic carbocycles. The van der Waals surface area contributed by atoms with Gasteiger partial charge in [-0.05, 0) is 63.2 Å². The van der Waals surface area contributed by atoms with E-state index in [9.17, 15) is 4.39 Å². The van der Waals surface area contributed by atoms with E-state index in [1.54, 1.807) is 22.8 Å². The Balaban J connectivity index is 1.51.